The average molecular weight is 412 g/mol. The highest BCUT2D eigenvalue weighted by atomic mass is 16.5. The van der Waals surface area contributed by atoms with E-state index >= 15 is 0 Å². The van der Waals surface area contributed by atoms with Crippen LogP contribution in [0.4, 0.5) is 0 Å². The van der Waals surface area contributed by atoms with Crippen LogP contribution in [0.15, 0.2) is 54.7 Å². The maximum absolute atomic E-state index is 12.4. The van der Waals surface area contributed by atoms with Gasteiger partial charge in [-0.2, -0.15) is 0 Å². The van der Waals surface area contributed by atoms with Gasteiger partial charge in [-0.15, -0.1) is 0 Å². The molecule has 2 aromatic rings. The zero-order chi connectivity index (χ0) is 21.3. The second kappa shape index (κ2) is 10.8. The third-order valence-electron chi connectivity index (χ3n) is 5.30. The summed E-state index contributed by atoms with van der Waals surface area (Å²) in [4.78, 5) is 28.9. The van der Waals surface area contributed by atoms with Crippen molar-refractivity contribution < 1.29 is 19.4 Å². The maximum atomic E-state index is 12.4. The standard InChI is InChI=1S/C23H29N3O4/c1-16(17-7-3-2-4-8-17)25-23(29)14-19-10-11-20(21(15-27)30-19)26-22(28)13-18-9-5-6-12-24-18/h2-9,12,16,19-21,27H,10-11,13-15H2,1H3,(H,25,29)(H,26,28)/t16-,19+,20-,21-/m1/s1. The number of aliphatic hydroxyl groups excluding tert-OH is 1. The van der Waals surface area contributed by atoms with E-state index < -0.39 is 6.10 Å². The Morgan fingerprint density at radius 3 is 2.60 bits per heavy atom. The third-order valence-corrected chi connectivity index (χ3v) is 5.30. The fraction of sp³-hybridized carbons (Fsp3) is 0.435. The van der Waals surface area contributed by atoms with Crippen LogP contribution < -0.4 is 10.6 Å². The molecule has 1 aromatic carbocycles. The number of aromatic nitrogens is 1. The van der Waals surface area contributed by atoms with Crippen molar-refractivity contribution in [2.24, 2.45) is 0 Å². The van der Waals surface area contributed by atoms with Gasteiger partial charge in [0.15, 0.2) is 0 Å². The smallest absolute Gasteiger partial charge is 0.226 e. The fourth-order valence-corrected chi connectivity index (χ4v) is 3.70. The minimum absolute atomic E-state index is 0.0884. The highest BCUT2D eigenvalue weighted by molar-refractivity contribution is 5.78. The van der Waals surface area contributed by atoms with Crippen LogP contribution >= 0.6 is 0 Å². The Hall–Kier alpha value is -2.77. The Morgan fingerprint density at radius 2 is 1.90 bits per heavy atom. The lowest BCUT2D eigenvalue weighted by Gasteiger charge is -2.36. The van der Waals surface area contributed by atoms with Crippen LogP contribution in [0.5, 0.6) is 0 Å². The van der Waals surface area contributed by atoms with Crippen molar-refractivity contribution >= 4 is 11.8 Å². The predicted octanol–water partition coefficient (Wildman–Crippen LogP) is 1.92. The number of pyridine rings is 1. The maximum Gasteiger partial charge on any atom is 0.226 e. The molecule has 2 heterocycles. The van der Waals surface area contributed by atoms with E-state index in [4.69, 9.17) is 4.74 Å². The van der Waals surface area contributed by atoms with Crippen LogP contribution in [0.1, 0.15) is 43.5 Å². The zero-order valence-electron chi connectivity index (χ0n) is 17.2. The molecule has 0 spiro atoms. The molecule has 2 amide bonds. The van der Waals surface area contributed by atoms with Crippen molar-refractivity contribution in [2.75, 3.05) is 6.61 Å². The fourth-order valence-electron chi connectivity index (χ4n) is 3.70. The number of hydrogen-bond donors (Lipinski definition) is 3. The highest BCUT2D eigenvalue weighted by Crippen LogP contribution is 2.22. The van der Waals surface area contributed by atoms with E-state index in [-0.39, 0.29) is 49.5 Å². The Morgan fingerprint density at radius 1 is 1.13 bits per heavy atom. The van der Waals surface area contributed by atoms with E-state index in [0.717, 1.165) is 5.56 Å². The number of nitrogens with one attached hydrogen (secondary N) is 2. The van der Waals surface area contributed by atoms with Gasteiger partial charge >= 0.3 is 0 Å². The van der Waals surface area contributed by atoms with Gasteiger partial charge in [-0.3, -0.25) is 14.6 Å². The molecule has 0 unspecified atom stereocenters. The number of benzene rings is 1. The second-order valence-electron chi connectivity index (χ2n) is 7.63. The zero-order valence-corrected chi connectivity index (χ0v) is 17.2. The van der Waals surface area contributed by atoms with E-state index in [0.29, 0.717) is 18.5 Å². The van der Waals surface area contributed by atoms with Gasteiger partial charge in [-0.05, 0) is 37.5 Å². The van der Waals surface area contributed by atoms with Gasteiger partial charge in [0.1, 0.15) is 6.10 Å². The Kier molecular flexibility index (Phi) is 7.93. The lowest BCUT2D eigenvalue weighted by atomic mass is 9.96. The van der Waals surface area contributed by atoms with Crippen LogP contribution in [0.25, 0.3) is 0 Å². The average Bonchev–Trinajstić information content (AvgIpc) is 2.76. The molecule has 1 aliphatic rings. The van der Waals surface area contributed by atoms with Crippen LogP contribution in [-0.2, 0) is 20.7 Å². The molecule has 3 N–H and O–H groups in total. The van der Waals surface area contributed by atoms with E-state index in [1.807, 2.05) is 43.3 Å². The quantitative estimate of drug-likeness (QED) is 0.616. The van der Waals surface area contributed by atoms with Crippen LogP contribution in [0.2, 0.25) is 0 Å². The Bertz CT molecular complexity index is 816. The van der Waals surface area contributed by atoms with Crippen molar-refractivity contribution in [3.63, 3.8) is 0 Å². The summed E-state index contributed by atoms with van der Waals surface area (Å²) in [6, 6.07) is 14.8. The van der Waals surface area contributed by atoms with Gasteiger partial charge in [-0.25, -0.2) is 0 Å². The Labute approximate surface area is 176 Å². The first-order valence-corrected chi connectivity index (χ1v) is 10.3. The summed E-state index contributed by atoms with van der Waals surface area (Å²) in [5, 5.41) is 15.6. The molecule has 30 heavy (non-hydrogen) atoms. The number of carbonyl (C=O) groups excluding carboxylic acids is 2. The summed E-state index contributed by atoms with van der Waals surface area (Å²) in [5.74, 6) is -0.251. The number of aliphatic hydroxyl groups is 1. The lowest BCUT2D eigenvalue weighted by Crippen LogP contribution is -2.51. The van der Waals surface area contributed by atoms with Gasteiger partial charge in [-0.1, -0.05) is 36.4 Å². The first-order chi connectivity index (χ1) is 14.5. The van der Waals surface area contributed by atoms with Gasteiger partial charge in [0.05, 0.1) is 37.6 Å². The summed E-state index contributed by atoms with van der Waals surface area (Å²) in [6.45, 7) is 1.73. The predicted molar refractivity (Wildman–Crippen MR) is 112 cm³/mol. The molecule has 160 valence electrons. The minimum atomic E-state index is -0.532. The molecule has 0 radical (unpaired) electrons. The molecular weight excluding hydrogens is 382 g/mol. The summed E-state index contributed by atoms with van der Waals surface area (Å²) in [7, 11) is 0. The molecule has 0 aliphatic carbocycles. The van der Waals surface area contributed by atoms with E-state index in [1.165, 1.54) is 0 Å². The molecule has 7 heteroatoms. The molecule has 1 aliphatic heterocycles. The van der Waals surface area contributed by atoms with Crippen molar-refractivity contribution in [3.8, 4) is 0 Å². The lowest BCUT2D eigenvalue weighted by molar-refractivity contribution is -0.136. The molecule has 1 fully saturated rings. The minimum Gasteiger partial charge on any atom is -0.394 e. The van der Waals surface area contributed by atoms with Gasteiger partial charge < -0.3 is 20.5 Å². The summed E-state index contributed by atoms with van der Waals surface area (Å²) in [6.07, 6.45) is 2.52. The van der Waals surface area contributed by atoms with Crippen LogP contribution in [0, 0.1) is 0 Å². The first kappa shape index (κ1) is 21.9. The van der Waals surface area contributed by atoms with E-state index in [2.05, 4.69) is 15.6 Å². The number of ether oxygens (including phenoxy) is 1. The highest BCUT2D eigenvalue weighted by Gasteiger charge is 2.33. The SMILES string of the molecule is C[C@@H](NC(=O)C[C@@H]1CC[C@@H](NC(=O)Cc2ccccn2)[C@@H](CO)O1)c1ccccc1. The van der Waals surface area contributed by atoms with Gasteiger partial charge in [0.2, 0.25) is 11.8 Å². The normalized spacial score (nSPS) is 22.1. The number of hydrogen-bond acceptors (Lipinski definition) is 5. The van der Waals surface area contributed by atoms with Crippen molar-refractivity contribution in [1.82, 2.24) is 15.6 Å². The van der Waals surface area contributed by atoms with Gasteiger partial charge in [0, 0.05) is 11.9 Å². The van der Waals surface area contributed by atoms with Crippen LogP contribution in [0.3, 0.4) is 0 Å². The molecule has 1 saturated heterocycles. The van der Waals surface area contributed by atoms with Crippen LogP contribution in [-0.4, -0.2) is 46.8 Å². The summed E-state index contributed by atoms with van der Waals surface area (Å²) in [5.41, 5.74) is 1.73. The monoisotopic (exact) mass is 411 g/mol. The molecular formula is C23H29N3O4. The van der Waals surface area contributed by atoms with Crippen molar-refractivity contribution in [2.45, 2.75) is 56.9 Å². The largest absolute Gasteiger partial charge is 0.394 e. The molecule has 0 bridgehead atoms. The molecule has 7 nitrogen and oxygen atoms in total. The molecule has 1 aromatic heterocycles. The van der Waals surface area contributed by atoms with Gasteiger partial charge in [0.25, 0.3) is 0 Å². The summed E-state index contributed by atoms with van der Waals surface area (Å²) < 4.78 is 5.92. The number of nitrogens with zero attached hydrogens (tertiary/aromatic N) is 1. The Balaban J connectivity index is 1.46. The molecule has 4 atom stereocenters. The van der Waals surface area contributed by atoms with E-state index in [1.54, 1.807) is 18.3 Å². The molecule has 0 saturated carbocycles. The first-order valence-electron chi connectivity index (χ1n) is 10.3. The second-order valence-corrected chi connectivity index (χ2v) is 7.63. The number of carbonyl (C=O) groups is 2. The summed E-state index contributed by atoms with van der Waals surface area (Å²) >= 11 is 0. The van der Waals surface area contributed by atoms with Crippen molar-refractivity contribution in [1.29, 1.82) is 0 Å². The number of rotatable bonds is 8. The van der Waals surface area contributed by atoms with Crippen molar-refractivity contribution in [3.05, 3.63) is 66.0 Å². The topological polar surface area (TPSA) is 101 Å². The molecule has 3 rings (SSSR count). The third kappa shape index (κ3) is 6.37. The number of amides is 2. The van der Waals surface area contributed by atoms with E-state index in [9.17, 15) is 14.7 Å².